The van der Waals surface area contributed by atoms with Crippen LogP contribution >= 0.6 is 0 Å². The van der Waals surface area contributed by atoms with Crippen LogP contribution in [0.5, 0.6) is 0 Å². The smallest absolute Gasteiger partial charge is 0.0475 e. The quantitative estimate of drug-likeness (QED) is 0.681. The Hall–Kier alpha value is -1.91. The first-order valence-corrected chi connectivity index (χ1v) is 6.53. The van der Waals surface area contributed by atoms with Gasteiger partial charge in [0.2, 0.25) is 0 Å². The number of hydrogen-bond donors (Lipinski definition) is 1. The molecule has 2 aromatic carbocycles. The van der Waals surface area contributed by atoms with Crippen molar-refractivity contribution < 1.29 is 8.76 Å². The average molecular weight is 256 g/mol. The molecule has 90 valence electrons. The van der Waals surface area contributed by atoms with Crippen LogP contribution in [-0.2, 0) is 11.1 Å². The van der Waals surface area contributed by atoms with Gasteiger partial charge in [-0.15, -0.1) is 0 Å². The molecule has 1 N–H and O–H groups in total. The highest BCUT2D eigenvalue weighted by molar-refractivity contribution is 7.79. The van der Waals surface area contributed by atoms with E-state index < -0.39 is 11.1 Å². The number of hydrogen-bond acceptors (Lipinski definition) is 3. The van der Waals surface area contributed by atoms with Gasteiger partial charge in [-0.25, -0.2) is 0 Å². The zero-order chi connectivity index (χ0) is 12.7. The third-order valence-corrected chi connectivity index (χ3v) is 3.67. The van der Waals surface area contributed by atoms with Crippen LogP contribution in [-0.4, -0.2) is 8.76 Å². The molecular weight excluding hydrogens is 246 g/mol. The highest BCUT2D eigenvalue weighted by Crippen LogP contribution is 2.39. The van der Waals surface area contributed by atoms with Crippen LogP contribution in [0.2, 0.25) is 0 Å². The van der Waals surface area contributed by atoms with Crippen molar-refractivity contribution in [3.63, 3.8) is 0 Å². The van der Waals surface area contributed by atoms with E-state index in [2.05, 4.69) is 11.9 Å². The van der Waals surface area contributed by atoms with E-state index in [4.69, 9.17) is 0 Å². The Balaban J connectivity index is 2.16. The van der Waals surface area contributed by atoms with Crippen LogP contribution in [0.15, 0.2) is 53.9 Å². The summed E-state index contributed by atoms with van der Waals surface area (Å²) in [4.78, 5) is 0.272. The first-order chi connectivity index (χ1) is 8.66. The van der Waals surface area contributed by atoms with Crippen molar-refractivity contribution in [2.24, 2.45) is 0 Å². The number of para-hydroxylation sites is 1. The summed E-state index contributed by atoms with van der Waals surface area (Å²) < 4.78 is 21.9. The number of rotatable bonds is 1. The number of fused-ring (bicyclic) bond motifs is 2. The fraction of sp³-hybridized carbons (Fsp3) is 0. The number of nitrogens with one attached hydrogen (secondary N) is 1. The molecule has 1 aliphatic rings. The van der Waals surface area contributed by atoms with E-state index in [0.717, 1.165) is 28.1 Å². The molecule has 0 amide bonds. The summed E-state index contributed by atoms with van der Waals surface area (Å²) in [5.41, 5.74) is 4.61. The molecule has 0 saturated heterocycles. The molecular formula is C14H10NO2S-. The molecule has 0 aliphatic carbocycles. The van der Waals surface area contributed by atoms with Crippen molar-refractivity contribution in [1.29, 1.82) is 0 Å². The Morgan fingerprint density at radius 1 is 1.06 bits per heavy atom. The molecule has 0 aromatic heterocycles. The molecule has 3 rings (SSSR count). The summed E-state index contributed by atoms with van der Waals surface area (Å²) in [6.07, 6.45) is 0. The van der Waals surface area contributed by atoms with Crippen molar-refractivity contribution >= 4 is 28.0 Å². The third kappa shape index (κ3) is 1.66. The maximum Gasteiger partial charge on any atom is 0.0475 e. The van der Waals surface area contributed by atoms with E-state index in [1.165, 1.54) is 0 Å². The summed E-state index contributed by atoms with van der Waals surface area (Å²) in [7, 11) is 0. The molecule has 0 saturated carbocycles. The van der Waals surface area contributed by atoms with Crippen LogP contribution in [0.4, 0.5) is 11.4 Å². The predicted molar refractivity (Wildman–Crippen MR) is 71.5 cm³/mol. The topological polar surface area (TPSA) is 52.2 Å². The van der Waals surface area contributed by atoms with Gasteiger partial charge < -0.3 is 9.87 Å². The molecule has 0 spiro atoms. The van der Waals surface area contributed by atoms with Gasteiger partial charge in [0.1, 0.15) is 0 Å². The molecule has 4 heteroatoms. The minimum atomic E-state index is -2.22. The first-order valence-electron chi connectivity index (χ1n) is 5.46. The van der Waals surface area contributed by atoms with Gasteiger partial charge in [0.15, 0.2) is 0 Å². The average Bonchev–Trinajstić information content (AvgIpc) is 2.38. The maximum absolute atomic E-state index is 11.0. The van der Waals surface area contributed by atoms with Crippen molar-refractivity contribution in [1.82, 2.24) is 0 Å². The molecule has 0 radical (unpaired) electrons. The number of anilines is 2. The normalized spacial score (nSPS) is 14.4. The second-order valence-electron chi connectivity index (χ2n) is 4.09. The van der Waals surface area contributed by atoms with Gasteiger partial charge in [0.25, 0.3) is 0 Å². The van der Waals surface area contributed by atoms with Gasteiger partial charge >= 0.3 is 0 Å². The summed E-state index contributed by atoms with van der Waals surface area (Å²) in [6.45, 7) is 4.08. The van der Waals surface area contributed by atoms with Crippen LogP contribution in [0.3, 0.4) is 0 Å². The van der Waals surface area contributed by atoms with E-state index in [1.54, 1.807) is 18.2 Å². The zero-order valence-electron chi connectivity index (χ0n) is 9.47. The minimum absolute atomic E-state index is 0.272. The van der Waals surface area contributed by atoms with Crippen molar-refractivity contribution in [3.05, 3.63) is 60.2 Å². The van der Waals surface area contributed by atoms with E-state index in [0.29, 0.717) is 0 Å². The van der Waals surface area contributed by atoms with Gasteiger partial charge in [-0.05, 0) is 34.9 Å². The molecule has 1 aliphatic heterocycles. The highest BCUT2D eigenvalue weighted by Gasteiger charge is 2.17. The monoisotopic (exact) mass is 256 g/mol. The third-order valence-electron chi connectivity index (χ3n) is 3.03. The maximum atomic E-state index is 11.0. The van der Waals surface area contributed by atoms with Crippen LogP contribution in [0.1, 0.15) is 11.1 Å². The lowest BCUT2D eigenvalue weighted by atomic mass is 9.93. The van der Waals surface area contributed by atoms with Crippen molar-refractivity contribution in [2.75, 3.05) is 5.32 Å². The molecule has 1 atom stereocenters. The van der Waals surface area contributed by atoms with Crippen LogP contribution < -0.4 is 5.32 Å². The van der Waals surface area contributed by atoms with E-state index in [9.17, 15) is 8.76 Å². The Labute approximate surface area is 107 Å². The van der Waals surface area contributed by atoms with E-state index in [1.807, 2.05) is 24.3 Å². The Morgan fingerprint density at radius 3 is 2.56 bits per heavy atom. The summed E-state index contributed by atoms with van der Waals surface area (Å²) in [6, 6.07) is 12.8. The van der Waals surface area contributed by atoms with Crippen LogP contribution in [0, 0.1) is 0 Å². The van der Waals surface area contributed by atoms with Gasteiger partial charge in [0, 0.05) is 27.4 Å². The Morgan fingerprint density at radius 2 is 1.78 bits per heavy atom. The highest BCUT2D eigenvalue weighted by atomic mass is 32.2. The van der Waals surface area contributed by atoms with Crippen LogP contribution in [0.25, 0.3) is 5.57 Å². The lowest BCUT2D eigenvalue weighted by Gasteiger charge is -2.24. The molecule has 0 bridgehead atoms. The molecule has 1 unspecified atom stereocenters. The van der Waals surface area contributed by atoms with Crippen molar-refractivity contribution in [3.8, 4) is 0 Å². The van der Waals surface area contributed by atoms with Gasteiger partial charge in [-0.1, -0.05) is 30.8 Å². The summed E-state index contributed by atoms with van der Waals surface area (Å²) in [5.74, 6) is 0. The fourth-order valence-electron chi connectivity index (χ4n) is 2.14. The second kappa shape index (κ2) is 4.08. The minimum Gasteiger partial charge on any atom is -0.768 e. The SMILES string of the molecule is C=C1c2ccccc2Nc2cc(S(=O)[O-])ccc21. The van der Waals surface area contributed by atoms with E-state index >= 15 is 0 Å². The molecule has 3 nitrogen and oxygen atoms in total. The zero-order valence-corrected chi connectivity index (χ0v) is 10.3. The standard InChI is InChI=1S/C14H11NO2S/c1-9-11-4-2-3-5-13(11)15-14-8-10(18(16)17)6-7-12(9)14/h2-8,15H,1H2,(H,16,17)/p-1. The number of benzene rings is 2. The molecule has 0 fully saturated rings. The Kier molecular flexibility index (Phi) is 2.54. The summed E-state index contributed by atoms with van der Waals surface area (Å²) >= 11 is -2.22. The first kappa shape index (κ1) is 11.2. The van der Waals surface area contributed by atoms with Gasteiger partial charge in [-0.3, -0.25) is 4.21 Å². The molecule has 2 aromatic rings. The van der Waals surface area contributed by atoms with Crippen molar-refractivity contribution in [2.45, 2.75) is 4.90 Å². The Bertz CT molecular complexity index is 679. The predicted octanol–water partition coefficient (Wildman–Crippen LogP) is 3.04. The van der Waals surface area contributed by atoms with Gasteiger partial charge in [0.05, 0.1) is 0 Å². The lowest BCUT2D eigenvalue weighted by molar-refractivity contribution is 0.537. The summed E-state index contributed by atoms with van der Waals surface area (Å²) in [5, 5.41) is 3.23. The molecule has 1 heterocycles. The van der Waals surface area contributed by atoms with E-state index in [-0.39, 0.29) is 4.90 Å². The molecule has 18 heavy (non-hydrogen) atoms. The fourth-order valence-corrected chi connectivity index (χ4v) is 2.53. The lowest BCUT2D eigenvalue weighted by Crippen LogP contribution is -2.06. The largest absolute Gasteiger partial charge is 0.768 e. The second-order valence-corrected chi connectivity index (χ2v) is 5.03. The van der Waals surface area contributed by atoms with Gasteiger partial charge in [-0.2, -0.15) is 0 Å².